The quantitative estimate of drug-likeness (QED) is 0.832. The molecule has 0 aromatic heterocycles. The highest BCUT2D eigenvalue weighted by Crippen LogP contribution is 2.23. The zero-order valence-electron chi connectivity index (χ0n) is 14.9. The molecule has 0 spiro atoms. The van der Waals surface area contributed by atoms with Crippen molar-refractivity contribution in [3.8, 4) is 11.1 Å². The van der Waals surface area contributed by atoms with Crippen molar-refractivity contribution >= 4 is 5.91 Å². The van der Waals surface area contributed by atoms with Gasteiger partial charge in [-0.15, -0.1) is 0 Å². The highest BCUT2D eigenvalue weighted by Gasteiger charge is 2.11. The van der Waals surface area contributed by atoms with Gasteiger partial charge in [0.25, 0.3) is 5.91 Å². The monoisotopic (exact) mass is 309 g/mol. The minimum atomic E-state index is 0.00113. The minimum absolute atomic E-state index is 0.00113. The van der Waals surface area contributed by atoms with Crippen LogP contribution in [0.5, 0.6) is 0 Å². The molecule has 2 rings (SSSR count). The summed E-state index contributed by atoms with van der Waals surface area (Å²) in [6.07, 6.45) is 0.972. The molecule has 0 saturated carbocycles. The van der Waals surface area contributed by atoms with Crippen LogP contribution in [0.1, 0.15) is 48.7 Å². The van der Waals surface area contributed by atoms with Crippen molar-refractivity contribution in [2.75, 3.05) is 6.54 Å². The van der Waals surface area contributed by atoms with Gasteiger partial charge in [-0.2, -0.15) is 0 Å². The molecule has 2 nitrogen and oxygen atoms in total. The van der Waals surface area contributed by atoms with Crippen LogP contribution in [0, 0.1) is 19.3 Å². The van der Waals surface area contributed by atoms with Crippen molar-refractivity contribution in [3.05, 3.63) is 59.2 Å². The molecule has 122 valence electrons. The summed E-state index contributed by atoms with van der Waals surface area (Å²) in [6.45, 7) is 11.5. The van der Waals surface area contributed by atoms with Crippen LogP contribution in [0.15, 0.2) is 42.5 Å². The molecule has 0 unspecified atom stereocenters. The van der Waals surface area contributed by atoms with Crippen LogP contribution in [0.25, 0.3) is 11.1 Å². The fourth-order valence-electron chi connectivity index (χ4n) is 2.61. The first-order chi connectivity index (χ1) is 10.7. The van der Waals surface area contributed by atoms with Gasteiger partial charge in [-0.3, -0.25) is 4.79 Å². The summed E-state index contributed by atoms with van der Waals surface area (Å²) < 4.78 is 0. The molecular weight excluding hydrogens is 282 g/mol. The van der Waals surface area contributed by atoms with Crippen molar-refractivity contribution in [3.63, 3.8) is 0 Å². The Morgan fingerprint density at radius 3 is 2.00 bits per heavy atom. The third-order valence-corrected chi connectivity index (χ3v) is 3.86. The third-order valence-electron chi connectivity index (χ3n) is 3.86. The highest BCUT2D eigenvalue weighted by molar-refractivity contribution is 5.94. The predicted molar refractivity (Wildman–Crippen MR) is 97.8 cm³/mol. The van der Waals surface area contributed by atoms with E-state index in [1.54, 1.807) is 0 Å². The zero-order valence-corrected chi connectivity index (χ0v) is 14.9. The summed E-state index contributed by atoms with van der Waals surface area (Å²) >= 11 is 0. The number of carbonyl (C=O) groups is 1. The van der Waals surface area contributed by atoms with E-state index in [9.17, 15) is 4.79 Å². The number of aryl methyl sites for hydroxylation is 2. The average Bonchev–Trinajstić information content (AvgIpc) is 2.45. The number of nitrogens with one attached hydrogen (secondary N) is 1. The number of hydrogen-bond acceptors (Lipinski definition) is 1. The van der Waals surface area contributed by atoms with Crippen LogP contribution in [-0.2, 0) is 0 Å². The van der Waals surface area contributed by atoms with E-state index in [0.717, 1.165) is 12.0 Å². The van der Waals surface area contributed by atoms with Gasteiger partial charge in [-0.1, -0.05) is 62.2 Å². The van der Waals surface area contributed by atoms with Gasteiger partial charge >= 0.3 is 0 Å². The lowest BCUT2D eigenvalue weighted by atomic mass is 9.92. The smallest absolute Gasteiger partial charge is 0.251 e. The van der Waals surface area contributed by atoms with Crippen molar-refractivity contribution < 1.29 is 4.79 Å². The molecule has 1 N–H and O–H groups in total. The number of hydrogen-bond donors (Lipinski definition) is 1. The molecule has 0 aliphatic carbocycles. The molecule has 0 aliphatic heterocycles. The van der Waals surface area contributed by atoms with Crippen molar-refractivity contribution in [1.29, 1.82) is 0 Å². The largest absolute Gasteiger partial charge is 0.352 e. The van der Waals surface area contributed by atoms with Gasteiger partial charge in [-0.25, -0.2) is 0 Å². The zero-order chi connectivity index (χ0) is 17.0. The summed E-state index contributed by atoms with van der Waals surface area (Å²) in [5.74, 6) is 0.00113. The van der Waals surface area contributed by atoms with Crippen LogP contribution in [0.4, 0.5) is 0 Å². The number of benzene rings is 2. The molecular formula is C21H27NO. The maximum Gasteiger partial charge on any atom is 0.251 e. The molecule has 0 radical (unpaired) electrons. The second kappa shape index (κ2) is 6.99. The Hall–Kier alpha value is -2.09. The standard InChI is InChI=1S/C21H27NO/c1-15-12-16(2)14-19(13-15)17-6-8-18(9-7-17)20(23)22-11-10-21(3,4)5/h6-9,12-14H,10-11H2,1-5H3,(H,22,23). The lowest BCUT2D eigenvalue weighted by Crippen LogP contribution is -2.27. The predicted octanol–water partition coefficient (Wildman–Crippen LogP) is 5.14. The minimum Gasteiger partial charge on any atom is -0.352 e. The van der Waals surface area contributed by atoms with Gasteiger partial charge < -0.3 is 5.32 Å². The summed E-state index contributed by atoms with van der Waals surface area (Å²) in [5.41, 5.74) is 5.80. The van der Waals surface area contributed by atoms with Crippen LogP contribution < -0.4 is 5.32 Å². The first kappa shape index (κ1) is 17.3. The van der Waals surface area contributed by atoms with Crippen LogP contribution in [-0.4, -0.2) is 12.5 Å². The number of amides is 1. The SMILES string of the molecule is Cc1cc(C)cc(-c2ccc(C(=O)NCCC(C)(C)C)cc2)c1. The topological polar surface area (TPSA) is 29.1 Å². The normalized spacial score (nSPS) is 11.3. The van der Waals surface area contributed by atoms with Gasteiger partial charge in [0, 0.05) is 12.1 Å². The molecule has 23 heavy (non-hydrogen) atoms. The molecule has 0 saturated heterocycles. The van der Waals surface area contributed by atoms with Crippen LogP contribution >= 0.6 is 0 Å². The molecule has 0 atom stereocenters. The van der Waals surface area contributed by atoms with E-state index in [1.165, 1.54) is 16.7 Å². The summed E-state index contributed by atoms with van der Waals surface area (Å²) in [7, 11) is 0. The molecule has 2 heteroatoms. The second-order valence-electron chi connectivity index (χ2n) is 7.52. The molecule has 0 bridgehead atoms. The molecule has 1 amide bonds. The van der Waals surface area contributed by atoms with Crippen LogP contribution in [0.3, 0.4) is 0 Å². The Morgan fingerprint density at radius 2 is 1.48 bits per heavy atom. The van der Waals surface area contributed by atoms with Crippen molar-refractivity contribution in [1.82, 2.24) is 5.32 Å². The number of carbonyl (C=O) groups excluding carboxylic acids is 1. The first-order valence-electron chi connectivity index (χ1n) is 8.21. The molecule has 0 aliphatic rings. The Balaban J connectivity index is 2.05. The van der Waals surface area contributed by atoms with Gasteiger partial charge in [-0.05, 0) is 48.9 Å². The van der Waals surface area contributed by atoms with E-state index in [4.69, 9.17) is 0 Å². The first-order valence-corrected chi connectivity index (χ1v) is 8.21. The van der Waals surface area contributed by atoms with Gasteiger partial charge in [0.2, 0.25) is 0 Å². The Bertz CT molecular complexity index is 658. The Morgan fingerprint density at radius 1 is 0.913 bits per heavy atom. The second-order valence-corrected chi connectivity index (χ2v) is 7.52. The fourth-order valence-corrected chi connectivity index (χ4v) is 2.61. The molecule has 0 heterocycles. The molecule has 2 aromatic carbocycles. The van der Waals surface area contributed by atoms with Gasteiger partial charge in [0.1, 0.15) is 0 Å². The van der Waals surface area contributed by atoms with E-state index in [1.807, 2.05) is 24.3 Å². The Labute approximate surface area is 139 Å². The maximum absolute atomic E-state index is 12.2. The molecule has 0 fully saturated rings. The van der Waals surface area contributed by atoms with Crippen molar-refractivity contribution in [2.45, 2.75) is 41.0 Å². The van der Waals surface area contributed by atoms with Gasteiger partial charge in [0.15, 0.2) is 0 Å². The summed E-state index contributed by atoms with van der Waals surface area (Å²) in [6, 6.07) is 14.4. The Kier molecular flexibility index (Phi) is 5.25. The van der Waals surface area contributed by atoms with E-state index in [-0.39, 0.29) is 11.3 Å². The lowest BCUT2D eigenvalue weighted by Gasteiger charge is -2.18. The van der Waals surface area contributed by atoms with E-state index >= 15 is 0 Å². The molecule has 2 aromatic rings. The maximum atomic E-state index is 12.2. The van der Waals surface area contributed by atoms with E-state index < -0.39 is 0 Å². The summed E-state index contributed by atoms with van der Waals surface area (Å²) in [5, 5.41) is 2.99. The van der Waals surface area contributed by atoms with E-state index in [0.29, 0.717) is 12.1 Å². The summed E-state index contributed by atoms with van der Waals surface area (Å²) in [4.78, 5) is 12.2. The third kappa shape index (κ3) is 5.24. The van der Waals surface area contributed by atoms with E-state index in [2.05, 4.69) is 58.1 Å². The lowest BCUT2D eigenvalue weighted by molar-refractivity contribution is 0.0949. The average molecular weight is 309 g/mol. The fraction of sp³-hybridized carbons (Fsp3) is 0.381. The highest BCUT2D eigenvalue weighted by atomic mass is 16.1. The number of rotatable bonds is 4. The van der Waals surface area contributed by atoms with Crippen LogP contribution in [0.2, 0.25) is 0 Å². The van der Waals surface area contributed by atoms with Crippen molar-refractivity contribution in [2.24, 2.45) is 5.41 Å². The van der Waals surface area contributed by atoms with Gasteiger partial charge in [0.05, 0.1) is 0 Å².